The van der Waals surface area contributed by atoms with E-state index in [2.05, 4.69) is 17.2 Å². The molecule has 150 valence electrons. The summed E-state index contributed by atoms with van der Waals surface area (Å²) in [5, 5.41) is 12.9. The van der Waals surface area contributed by atoms with Gasteiger partial charge in [0.05, 0.1) is 5.60 Å². The van der Waals surface area contributed by atoms with Crippen molar-refractivity contribution >= 4 is 5.91 Å². The van der Waals surface area contributed by atoms with E-state index >= 15 is 0 Å². The van der Waals surface area contributed by atoms with Gasteiger partial charge in [0.25, 0.3) is 5.91 Å². The molecule has 0 spiro atoms. The number of hydrogen-bond donors (Lipinski definition) is 2. The summed E-state index contributed by atoms with van der Waals surface area (Å²) in [6, 6.07) is 7.61. The monoisotopic (exact) mass is 381 g/mol. The zero-order chi connectivity index (χ0) is 20.1. The zero-order valence-corrected chi connectivity index (χ0v) is 17.2. The van der Waals surface area contributed by atoms with Gasteiger partial charge in [0, 0.05) is 29.9 Å². The van der Waals surface area contributed by atoms with Crippen molar-refractivity contribution in [2.45, 2.75) is 71.3 Å². The molecule has 5 heteroatoms. The van der Waals surface area contributed by atoms with Gasteiger partial charge < -0.3 is 10.4 Å². The van der Waals surface area contributed by atoms with Gasteiger partial charge in [-0.15, -0.1) is 0 Å². The minimum Gasteiger partial charge on any atom is -0.390 e. The van der Waals surface area contributed by atoms with Gasteiger partial charge in [-0.1, -0.05) is 12.1 Å². The SMILES string of the molecule is Cc1nc(CCNC(=O)c2cccc(CCC(C)(C)O)c2)nc2c1CCCC2. The molecule has 0 bridgehead atoms. The van der Waals surface area contributed by atoms with Crippen molar-refractivity contribution in [2.24, 2.45) is 0 Å². The van der Waals surface area contributed by atoms with Gasteiger partial charge in [0.2, 0.25) is 0 Å². The first-order chi connectivity index (χ1) is 13.3. The molecular weight excluding hydrogens is 350 g/mol. The van der Waals surface area contributed by atoms with E-state index in [9.17, 15) is 9.90 Å². The van der Waals surface area contributed by atoms with Crippen LogP contribution >= 0.6 is 0 Å². The highest BCUT2D eigenvalue weighted by molar-refractivity contribution is 5.94. The highest BCUT2D eigenvalue weighted by Crippen LogP contribution is 2.21. The standard InChI is InChI=1S/C23H31N3O2/c1-16-19-9-4-5-10-20(19)26-21(25-16)12-14-24-22(27)18-8-6-7-17(15-18)11-13-23(2,3)28/h6-8,15,28H,4-5,9-14H2,1-3H3,(H,24,27). The third-order valence-corrected chi connectivity index (χ3v) is 5.29. The molecule has 2 aromatic rings. The highest BCUT2D eigenvalue weighted by Gasteiger charge is 2.16. The molecule has 28 heavy (non-hydrogen) atoms. The third kappa shape index (κ3) is 5.61. The van der Waals surface area contributed by atoms with Crippen molar-refractivity contribution in [1.82, 2.24) is 15.3 Å². The Morgan fingerprint density at radius 1 is 1.18 bits per heavy atom. The molecule has 2 N–H and O–H groups in total. The summed E-state index contributed by atoms with van der Waals surface area (Å²) in [7, 11) is 0. The zero-order valence-electron chi connectivity index (χ0n) is 17.2. The van der Waals surface area contributed by atoms with Gasteiger partial charge in [-0.25, -0.2) is 9.97 Å². The molecule has 1 aromatic heterocycles. The summed E-state index contributed by atoms with van der Waals surface area (Å²) < 4.78 is 0. The van der Waals surface area contributed by atoms with Gasteiger partial charge >= 0.3 is 0 Å². The van der Waals surface area contributed by atoms with E-state index in [4.69, 9.17) is 4.98 Å². The van der Waals surface area contributed by atoms with Crippen LogP contribution in [-0.4, -0.2) is 33.1 Å². The van der Waals surface area contributed by atoms with Gasteiger partial charge in [-0.2, -0.15) is 0 Å². The van der Waals surface area contributed by atoms with Crippen LogP contribution in [0.2, 0.25) is 0 Å². The quantitative estimate of drug-likeness (QED) is 0.771. The van der Waals surface area contributed by atoms with E-state index < -0.39 is 5.60 Å². The van der Waals surface area contributed by atoms with Crippen molar-refractivity contribution in [1.29, 1.82) is 0 Å². The normalized spacial score (nSPS) is 13.9. The van der Waals surface area contributed by atoms with Crippen LogP contribution in [0.25, 0.3) is 0 Å². The lowest BCUT2D eigenvalue weighted by Crippen LogP contribution is -2.26. The average Bonchev–Trinajstić information content (AvgIpc) is 2.66. The Kier molecular flexibility index (Phi) is 6.45. The van der Waals surface area contributed by atoms with Crippen LogP contribution in [0.5, 0.6) is 0 Å². The number of amides is 1. The second kappa shape index (κ2) is 8.82. The molecule has 1 heterocycles. The maximum Gasteiger partial charge on any atom is 0.251 e. The fourth-order valence-corrected chi connectivity index (χ4v) is 3.66. The fraction of sp³-hybridized carbons (Fsp3) is 0.522. The van der Waals surface area contributed by atoms with E-state index in [1.54, 1.807) is 13.8 Å². The lowest BCUT2D eigenvalue weighted by molar-refractivity contribution is 0.0714. The summed E-state index contributed by atoms with van der Waals surface area (Å²) in [5.74, 6) is 0.733. The smallest absolute Gasteiger partial charge is 0.251 e. The number of carbonyl (C=O) groups is 1. The molecule has 1 aliphatic rings. The molecule has 0 saturated carbocycles. The summed E-state index contributed by atoms with van der Waals surface area (Å²) in [5.41, 5.74) is 4.61. The molecule has 0 fully saturated rings. The first-order valence-corrected chi connectivity index (χ1v) is 10.3. The van der Waals surface area contributed by atoms with Crippen molar-refractivity contribution < 1.29 is 9.90 Å². The molecule has 1 amide bonds. The predicted octanol–water partition coefficient (Wildman–Crippen LogP) is 3.34. The Hall–Kier alpha value is -2.27. The van der Waals surface area contributed by atoms with Crippen LogP contribution in [0.4, 0.5) is 0 Å². The molecule has 0 atom stereocenters. The van der Waals surface area contributed by atoms with Gasteiger partial charge in [0.1, 0.15) is 5.82 Å². The lowest BCUT2D eigenvalue weighted by Gasteiger charge is -2.17. The minimum atomic E-state index is -0.703. The Morgan fingerprint density at radius 2 is 1.96 bits per heavy atom. The molecule has 3 rings (SSSR count). The van der Waals surface area contributed by atoms with E-state index in [0.29, 0.717) is 24.9 Å². The average molecular weight is 382 g/mol. The van der Waals surface area contributed by atoms with Crippen molar-refractivity contribution in [3.8, 4) is 0 Å². The maximum absolute atomic E-state index is 12.5. The number of aryl methyl sites for hydroxylation is 3. The second-order valence-electron chi connectivity index (χ2n) is 8.38. The topological polar surface area (TPSA) is 75.1 Å². The molecule has 0 unspecified atom stereocenters. The summed E-state index contributed by atoms with van der Waals surface area (Å²) >= 11 is 0. The summed E-state index contributed by atoms with van der Waals surface area (Å²) in [6.07, 6.45) is 6.58. The number of aromatic nitrogens is 2. The largest absolute Gasteiger partial charge is 0.390 e. The van der Waals surface area contributed by atoms with E-state index in [0.717, 1.165) is 36.3 Å². The molecule has 0 aliphatic heterocycles. The van der Waals surface area contributed by atoms with E-state index in [1.807, 2.05) is 24.3 Å². The van der Waals surface area contributed by atoms with Crippen LogP contribution < -0.4 is 5.32 Å². The number of rotatable bonds is 7. The van der Waals surface area contributed by atoms with Gasteiger partial charge in [-0.3, -0.25) is 4.79 Å². The molecule has 0 radical (unpaired) electrons. The van der Waals surface area contributed by atoms with Crippen molar-refractivity contribution in [2.75, 3.05) is 6.54 Å². The number of hydrogen-bond acceptors (Lipinski definition) is 4. The van der Waals surface area contributed by atoms with Crippen molar-refractivity contribution in [3.63, 3.8) is 0 Å². The van der Waals surface area contributed by atoms with Crippen LogP contribution in [-0.2, 0) is 25.7 Å². The van der Waals surface area contributed by atoms with Crippen molar-refractivity contribution in [3.05, 3.63) is 58.2 Å². The van der Waals surface area contributed by atoms with E-state index in [-0.39, 0.29) is 5.91 Å². The van der Waals surface area contributed by atoms with E-state index in [1.165, 1.54) is 24.1 Å². The third-order valence-electron chi connectivity index (χ3n) is 5.29. The number of carbonyl (C=O) groups excluding carboxylic acids is 1. The van der Waals surface area contributed by atoms with Gasteiger partial charge in [-0.05, 0) is 82.6 Å². The van der Waals surface area contributed by atoms with Crippen LogP contribution in [0.15, 0.2) is 24.3 Å². The van der Waals surface area contributed by atoms with Crippen LogP contribution in [0.3, 0.4) is 0 Å². The Morgan fingerprint density at radius 3 is 2.75 bits per heavy atom. The Balaban J connectivity index is 1.55. The highest BCUT2D eigenvalue weighted by atomic mass is 16.3. The summed E-state index contributed by atoms with van der Waals surface area (Å²) in [4.78, 5) is 21.8. The van der Waals surface area contributed by atoms with Crippen LogP contribution in [0.1, 0.15) is 71.8 Å². The molecule has 1 aromatic carbocycles. The molecule has 0 saturated heterocycles. The first-order valence-electron chi connectivity index (χ1n) is 10.3. The fourth-order valence-electron chi connectivity index (χ4n) is 3.66. The second-order valence-corrected chi connectivity index (χ2v) is 8.38. The first kappa shape index (κ1) is 20.5. The van der Waals surface area contributed by atoms with Gasteiger partial charge in [0.15, 0.2) is 0 Å². The molecule has 5 nitrogen and oxygen atoms in total. The maximum atomic E-state index is 12.5. The van der Waals surface area contributed by atoms with Crippen LogP contribution in [0, 0.1) is 6.92 Å². The predicted molar refractivity (Wildman–Crippen MR) is 111 cm³/mol. The lowest BCUT2D eigenvalue weighted by atomic mass is 9.95. The molecular formula is C23H31N3O2. The number of fused-ring (bicyclic) bond motifs is 1. The number of aliphatic hydroxyl groups is 1. The molecule has 1 aliphatic carbocycles. The number of nitrogens with zero attached hydrogens (tertiary/aromatic N) is 2. The number of benzene rings is 1. The Bertz CT molecular complexity index is 840. The Labute approximate surface area is 167 Å². The minimum absolute atomic E-state index is 0.0835. The summed E-state index contributed by atoms with van der Waals surface area (Å²) in [6.45, 7) is 6.18. The number of nitrogens with one attached hydrogen (secondary N) is 1.